The summed E-state index contributed by atoms with van der Waals surface area (Å²) in [6.07, 6.45) is 2.98. The SMILES string of the molecule is BrCc1cccnc1N1CCc2ccccc2C1. The van der Waals surface area contributed by atoms with Gasteiger partial charge in [-0.1, -0.05) is 46.3 Å². The minimum Gasteiger partial charge on any atom is -0.352 e. The van der Waals surface area contributed by atoms with Gasteiger partial charge in [-0.2, -0.15) is 0 Å². The first-order valence-electron chi connectivity index (χ1n) is 6.20. The zero-order chi connectivity index (χ0) is 12.4. The van der Waals surface area contributed by atoms with Gasteiger partial charge in [0, 0.05) is 30.2 Å². The molecule has 0 N–H and O–H groups in total. The van der Waals surface area contributed by atoms with Crippen LogP contribution in [0.2, 0.25) is 0 Å². The van der Waals surface area contributed by atoms with E-state index in [1.54, 1.807) is 0 Å². The van der Waals surface area contributed by atoms with Crippen molar-refractivity contribution < 1.29 is 0 Å². The molecule has 0 aliphatic carbocycles. The van der Waals surface area contributed by atoms with E-state index < -0.39 is 0 Å². The Hall–Kier alpha value is -1.35. The summed E-state index contributed by atoms with van der Waals surface area (Å²) in [5.74, 6) is 1.11. The maximum atomic E-state index is 4.54. The summed E-state index contributed by atoms with van der Waals surface area (Å²) in [7, 11) is 0. The maximum absolute atomic E-state index is 4.54. The molecular formula is C15H15BrN2. The Labute approximate surface area is 116 Å². The Morgan fingerprint density at radius 3 is 2.78 bits per heavy atom. The van der Waals surface area contributed by atoms with E-state index in [9.17, 15) is 0 Å². The predicted molar refractivity (Wildman–Crippen MR) is 78.1 cm³/mol. The number of benzene rings is 1. The lowest BCUT2D eigenvalue weighted by Gasteiger charge is -2.30. The van der Waals surface area contributed by atoms with Crippen molar-refractivity contribution in [3.63, 3.8) is 0 Å². The number of aromatic nitrogens is 1. The van der Waals surface area contributed by atoms with Gasteiger partial charge in [0.05, 0.1) is 0 Å². The van der Waals surface area contributed by atoms with E-state index in [0.717, 1.165) is 30.7 Å². The molecule has 0 spiro atoms. The van der Waals surface area contributed by atoms with Crippen molar-refractivity contribution in [1.29, 1.82) is 0 Å². The summed E-state index contributed by atoms with van der Waals surface area (Å²) in [6.45, 7) is 2.02. The first-order chi connectivity index (χ1) is 8.88. The smallest absolute Gasteiger partial charge is 0.132 e. The molecule has 3 heteroatoms. The van der Waals surface area contributed by atoms with E-state index in [4.69, 9.17) is 0 Å². The highest BCUT2D eigenvalue weighted by molar-refractivity contribution is 9.08. The molecule has 1 aromatic heterocycles. The zero-order valence-corrected chi connectivity index (χ0v) is 11.7. The minimum absolute atomic E-state index is 0.855. The van der Waals surface area contributed by atoms with Crippen LogP contribution in [0.4, 0.5) is 5.82 Å². The second kappa shape index (κ2) is 5.11. The van der Waals surface area contributed by atoms with Crippen molar-refractivity contribution in [1.82, 2.24) is 4.98 Å². The molecule has 0 amide bonds. The van der Waals surface area contributed by atoms with Crippen molar-refractivity contribution in [3.05, 3.63) is 59.3 Å². The van der Waals surface area contributed by atoms with Gasteiger partial charge in [0.15, 0.2) is 0 Å². The monoisotopic (exact) mass is 302 g/mol. The minimum atomic E-state index is 0.855. The molecule has 0 bridgehead atoms. The molecule has 0 saturated carbocycles. The highest BCUT2D eigenvalue weighted by Gasteiger charge is 2.18. The van der Waals surface area contributed by atoms with Gasteiger partial charge in [0.25, 0.3) is 0 Å². The van der Waals surface area contributed by atoms with Crippen molar-refractivity contribution >= 4 is 21.7 Å². The van der Waals surface area contributed by atoms with Crippen LogP contribution in [-0.4, -0.2) is 11.5 Å². The molecule has 0 unspecified atom stereocenters. The molecule has 0 saturated heterocycles. The van der Waals surface area contributed by atoms with Crippen LogP contribution in [-0.2, 0) is 18.3 Å². The fourth-order valence-corrected chi connectivity index (χ4v) is 2.93. The number of anilines is 1. The van der Waals surface area contributed by atoms with Crippen molar-refractivity contribution in [3.8, 4) is 0 Å². The number of hydrogen-bond acceptors (Lipinski definition) is 2. The van der Waals surface area contributed by atoms with Crippen molar-refractivity contribution in [2.24, 2.45) is 0 Å². The van der Waals surface area contributed by atoms with E-state index in [-0.39, 0.29) is 0 Å². The quantitative estimate of drug-likeness (QED) is 0.789. The van der Waals surface area contributed by atoms with Gasteiger partial charge in [-0.15, -0.1) is 0 Å². The lowest BCUT2D eigenvalue weighted by molar-refractivity contribution is 0.718. The van der Waals surface area contributed by atoms with Crippen LogP contribution in [0.1, 0.15) is 16.7 Å². The van der Waals surface area contributed by atoms with Crippen molar-refractivity contribution in [2.45, 2.75) is 18.3 Å². The standard InChI is InChI=1S/C15H15BrN2/c16-10-13-6-3-8-17-15(13)18-9-7-12-4-1-2-5-14(12)11-18/h1-6,8H,7,9-11H2. The topological polar surface area (TPSA) is 16.1 Å². The summed E-state index contributed by atoms with van der Waals surface area (Å²) >= 11 is 3.54. The Morgan fingerprint density at radius 1 is 1.11 bits per heavy atom. The Kier molecular flexibility index (Phi) is 3.33. The van der Waals surface area contributed by atoms with Crippen LogP contribution in [0.15, 0.2) is 42.6 Å². The Bertz CT molecular complexity index is 554. The highest BCUT2D eigenvalue weighted by Crippen LogP contribution is 2.26. The lowest BCUT2D eigenvalue weighted by atomic mass is 10.00. The lowest BCUT2D eigenvalue weighted by Crippen LogP contribution is -2.31. The van der Waals surface area contributed by atoms with Crippen LogP contribution in [0.3, 0.4) is 0 Å². The number of hydrogen-bond donors (Lipinski definition) is 0. The maximum Gasteiger partial charge on any atom is 0.132 e. The molecule has 0 atom stereocenters. The molecule has 1 aliphatic rings. The zero-order valence-electron chi connectivity index (χ0n) is 10.1. The van der Waals surface area contributed by atoms with Gasteiger partial charge in [-0.3, -0.25) is 0 Å². The molecule has 1 aliphatic heterocycles. The van der Waals surface area contributed by atoms with Gasteiger partial charge < -0.3 is 4.90 Å². The molecule has 0 radical (unpaired) electrons. The number of halogens is 1. The first-order valence-corrected chi connectivity index (χ1v) is 7.32. The second-order valence-electron chi connectivity index (χ2n) is 4.56. The van der Waals surface area contributed by atoms with Crippen LogP contribution < -0.4 is 4.90 Å². The van der Waals surface area contributed by atoms with Crippen LogP contribution in [0.5, 0.6) is 0 Å². The van der Waals surface area contributed by atoms with E-state index in [1.807, 2.05) is 12.3 Å². The van der Waals surface area contributed by atoms with E-state index in [2.05, 4.69) is 56.1 Å². The summed E-state index contributed by atoms with van der Waals surface area (Å²) in [5.41, 5.74) is 4.16. The van der Waals surface area contributed by atoms with Crippen LogP contribution >= 0.6 is 15.9 Å². The summed E-state index contributed by atoms with van der Waals surface area (Å²) < 4.78 is 0. The largest absolute Gasteiger partial charge is 0.352 e. The first kappa shape index (κ1) is 11.7. The third-order valence-corrected chi connectivity index (χ3v) is 4.05. The second-order valence-corrected chi connectivity index (χ2v) is 5.12. The average molecular weight is 303 g/mol. The van der Waals surface area contributed by atoms with Gasteiger partial charge in [-0.25, -0.2) is 4.98 Å². The molecule has 3 rings (SSSR count). The van der Waals surface area contributed by atoms with Crippen molar-refractivity contribution in [2.75, 3.05) is 11.4 Å². The molecule has 18 heavy (non-hydrogen) atoms. The van der Waals surface area contributed by atoms with Gasteiger partial charge in [0.1, 0.15) is 5.82 Å². The van der Waals surface area contributed by atoms with Crippen LogP contribution in [0.25, 0.3) is 0 Å². The fraction of sp³-hybridized carbons (Fsp3) is 0.267. The number of nitrogens with zero attached hydrogens (tertiary/aromatic N) is 2. The fourth-order valence-electron chi connectivity index (χ4n) is 2.50. The normalized spacial score (nSPS) is 14.4. The van der Waals surface area contributed by atoms with E-state index in [1.165, 1.54) is 16.7 Å². The highest BCUT2D eigenvalue weighted by atomic mass is 79.9. The molecule has 92 valence electrons. The molecule has 2 heterocycles. The number of rotatable bonds is 2. The Morgan fingerprint density at radius 2 is 1.94 bits per heavy atom. The summed E-state index contributed by atoms with van der Waals surface area (Å²) in [5, 5.41) is 0.855. The van der Waals surface area contributed by atoms with E-state index >= 15 is 0 Å². The summed E-state index contributed by atoms with van der Waals surface area (Å²) in [4.78, 5) is 6.92. The molecule has 0 fully saturated rings. The number of alkyl halides is 1. The number of pyridine rings is 1. The summed E-state index contributed by atoms with van der Waals surface area (Å²) in [6, 6.07) is 12.8. The Balaban J connectivity index is 1.92. The third-order valence-electron chi connectivity index (χ3n) is 3.44. The third kappa shape index (κ3) is 2.15. The van der Waals surface area contributed by atoms with Gasteiger partial charge >= 0.3 is 0 Å². The predicted octanol–water partition coefficient (Wildman–Crippen LogP) is 3.54. The molecule has 2 nitrogen and oxygen atoms in total. The average Bonchev–Trinajstić information content (AvgIpc) is 2.46. The van der Waals surface area contributed by atoms with Gasteiger partial charge in [0.2, 0.25) is 0 Å². The molecule has 2 aromatic rings. The van der Waals surface area contributed by atoms with Crippen LogP contribution in [0, 0.1) is 0 Å². The van der Waals surface area contributed by atoms with Gasteiger partial charge in [-0.05, 0) is 23.6 Å². The van der Waals surface area contributed by atoms with E-state index in [0.29, 0.717) is 0 Å². The molecule has 1 aromatic carbocycles. The number of fused-ring (bicyclic) bond motifs is 1. The molecular weight excluding hydrogens is 288 g/mol.